The summed E-state index contributed by atoms with van der Waals surface area (Å²) in [4.78, 5) is 11.0. The van der Waals surface area contributed by atoms with Gasteiger partial charge in [-0.2, -0.15) is 0 Å². The molecule has 1 aliphatic rings. The zero-order valence-electron chi connectivity index (χ0n) is 14.9. The van der Waals surface area contributed by atoms with E-state index in [0.717, 1.165) is 23.3 Å². The number of carboxylic acid groups (broad SMARTS) is 1. The molecule has 146 valence electrons. The minimum Gasteiger partial charge on any atom is -0.507 e. The van der Waals surface area contributed by atoms with Crippen molar-refractivity contribution in [1.82, 2.24) is 0 Å². The van der Waals surface area contributed by atoms with Gasteiger partial charge in [0.2, 0.25) is 10.0 Å². The fourth-order valence-corrected chi connectivity index (χ4v) is 4.23. The van der Waals surface area contributed by atoms with Gasteiger partial charge >= 0.3 is 5.97 Å². The van der Waals surface area contributed by atoms with Crippen molar-refractivity contribution in [3.8, 4) is 5.75 Å². The Balaban J connectivity index is 1.86. The lowest BCUT2D eigenvalue weighted by Gasteiger charge is -2.30. The average molecular weight is 403 g/mol. The van der Waals surface area contributed by atoms with Crippen LogP contribution in [0.25, 0.3) is 5.57 Å². The third-order valence-electron chi connectivity index (χ3n) is 4.60. The predicted octanol–water partition coefficient (Wildman–Crippen LogP) is 3.77. The largest absolute Gasteiger partial charge is 0.507 e. The zero-order chi connectivity index (χ0) is 20.5. The Morgan fingerprint density at radius 3 is 2.46 bits per heavy atom. The molecule has 28 heavy (non-hydrogen) atoms. The van der Waals surface area contributed by atoms with Crippen LogP contribution in [0.1, 0.15) is 29.3 Å². The van der Waals surface area contributed by atoms with E-state index >= 15 is 0 Å². The van der Waals surface area contributed by atoms with Crippen LogP contribution in [0.15, 0.2) is 60.7 Å². The number of carbonyl (C=O) groups is 1. The van der Waals surface area contributed by atoms with Gasteiger partial charge in [0, 0.05) is 6.07 Å². The van der Waals surface area contributed by atoms with Gasteiger partial charge in [0.05, 0.1) is 5.69 Å². The highest BCUT2D eigenvalue weighted by atomic mass is 32.2. The van der Waals surface area contributed by atoms with Gasteiger partial charge in [0.15, 0.2) is 0 Å². The molecule has 3 N–H and O–H groups in total. The second-order valence-electron chi connectivity index (χ2n) is 6.69. The summed E-state index contributed by atoms with van der Waals surface area (Å²) in [6.07, 6.45) is 5.11. The number of hydrogen-bond acceptors (Lipinski definition) is 4. The Labute approximate surface area is 161 Å². The second-order valence-corrected chi connectivity index (χ2v) is 8.83. The summed E-state index contributed by atoms with van der Waals surface area (Å²) in [6.45, 7) is 1.55. The van der Waals surface area contributed by atoms with Crippen molar-refractivity contribution < 1.29 is 27.8 Å². The number of halogens is 1. The molecule has 0 spiro atoms. The molecule has 0 radical (unpaired) electrons. The summed E-state index contributed by atoms with van der Waals surface area (Å²) in [5, 5.41) is 18.7. The Hall–Kier alpha value is -3.13. The minimum atomic E-state index is -3.95. The normalized spacial score (nSPS) is 19.1. The highest BCUT2D eigenvalue weighted by Crippen LogP contribution is 2.36. The van der Waals surface area contributed by atoms with Crippen LogP contribution < -0.4 is 4.72 Å². The molecule has 0 fully saturated rings. The molecule has 0 amide bonds. The number of sulfonamides is 1. The summed E-state index contributed by atoms with van der Waals surface area (Å²) in [5.74, 6) is -2.23. The standard InChI is InChI=1S/C20H18FNO5S/c1-20(10-2-3-14(12-20)13-4-6-15(21)7-5-13)28(26,27)22-16-8-9-17(19(24)25)18(23)11-16/h2-11,22-23H,12H2,1H3,(H,24,25). The van der Waals surface area contributed by atoms with E-state index in [4.69, 9.17) is 5.11 Å². The Bertz CT molecular complexity index is 1090. The summed E-state index contributed by atoms with van der Waals surface area (Å²) in [5.41, 5.74) is 1.18. The van der Waals surface area contributed by atoms with Gasteiger partial charge in [0.1, 0.15) is 21.9 Å². The summed E-state index contributed by atoms with van der Waals surface area (Å²) < 4.78 is 40.2. The molecule has 0 aliphatic heterocycles. The lowest BCUT2D eigenvalue weighted by atomic mass is 9.90. The molecule has 0 saturated heterocycles. The van der Waals surface area contributed by atoms with Gasteiger partial charge in [-0.15, -0.1) is 0 Å². The molecule has 2 aromatic rings. The van der Waals surface area contributed by atoms with Crippen molar-refractivity contribution in [2.45, 2.75) is 18.1 Å². The first-order valence-corrected chi connectivity index (χ1v) is 9.83. The molecular formula is C20H18FNO5S. The highest BCUT2D eigenvalue weighted by molar-refractivity contribution is 7.94. The van der Waals surface area contributed by atoms with Crippen molar-refractivity contribution in [2.24, 2.45) is 0 Å². The summed E-state index contributed by atoms with van der Waals surface area (Å²) in [7, 11) is -3.95. The number of aromatic carboxylic acids is 1. The first kappa shape index (κ1) is 19.6. The Morgan fingerprint density at radius 2 is 1.86 bits per heavy atom. The molecular weight excluding hydrogens is 385 g/mol. The summed E-state index contributed by atoms with van der Waals surface area (Å²) >= 11 is 0. The Morgan fingerprint density at radius 1 is 1.18 bits per heavy atom. The second kappa shape index (κ2) is 7.12. The van der Waals surface area contributed by atoms with E-state index in [1.165, 1.54) is 18.2 Å². The smallest absolute Gasteiger partial charge is 0.339 e. The van der Waals surface area contributed by atoms with Crippen LogP contribution in [0.4, 0.5) is 10.1 Å². The summed E-state index contributed by atoms with van der Waals surface area (Å²) in [6, 6.07) is 9.24. The number of aromatic hydroxyl groups is 1. The van der Waals surface area contributed by atoms with Gasteiger partial charge in [-0.3, -0.25) is 4.72 Å². The molecule has 0 aromatic heterocycles. The maximum Gasteiger partial charge on any atom is 0.339 e. The Kier molecular flexibility index (Phi) is 4.99. The van der Waals surface area contributed by atoms with E-state index in [1.807, 2.05) is 0 Å². The molecule has 3 rings (SSSR count). The average Bonchev–Trinajstić information content (AvgIpc) is 2.61. The third kappa shape index (κ3) is 3.77. The van der Waals surface area contributed by atoms with E-state index in [0.29, 0.717) is 0 Å². The molecule has 0 saturated carbocycles. The number of phenols is 1. The lowest BCUT2D eigenvalue weighted by molar-refractivity contribution is 0.0694. The third-order valence-corrected chi connectivity index (χ3v) is 6.61. The molecule has 8 heteroatoms. The van der Waals surface area contributed by atoms with Gasteiger partial charge in [-0.05, 0) is 48.7 Å². The van der Waals surface area contributed by atoms with E-state index in [9.17, 15) is 22.7 Å². The fourth-order valence-electron chi connectivity index (χ4n) is 2.96. The number of nitrogens with one attached hydrogen (secondary N) is 1. The number of anilines is 1. The monoisotopic (exact) mass is 403 g/mol. The molecule has 0 heterocycles. The first-order chi connectivity index (χ1) is 13.1. The molecule has 0 bridgehead atoms. The van der Waals surface area contributed by atoms with Crippen molar-refractivity contribution in [3.05, 3.63) is 77.6 Å². The van der Waals surface area contributed by atoms with Crippen molar-refractivity contribution in [3.63, 3.8) is 0 Å². The molecule has 1 atom stereocenters. The number of carboxylic acids is 1. The molecule has 6 nitrogen and oxygen atoms in total. The van der Waals surface area contributed by atoms with Crippen LogP contribution in [-0.2, 0) is 10.0 Å². The van der Waals surface area contributed by atoms with E-state index in [-0.39, 0.29) is 23.5 Å². The fraction of sp³-hybridized carbons (Fsp3) is 0.150. The van der Waals surface area contributed by atoms with Crippen LogP contribution in [0.2, 0.25) is 0 Å². The molecule has 1 unspecified atom stereocenters. The van der Waals surface area contributed by atoms with Crippen LogP contribution in [-0.4, -0.2) is 29.3 Å². The number of benzene rings is 2. The zero-order valence-corrected chi connectivity index (χ0v) is 15.7. The van der Waals surface area contributed by atoms with E-state index < -0.39 is 26.5 Å². The van der Waals surface area contributed by atoms with Crippen molar-refractivity contribution in [1.29, 1.82) is 0 Å². The van der Waals surface area contributed by atoms with E-state index in [1.54, 1.807) is 37.3 Å². The van der Waals surface area contributed by atoms with Gasteiger partial charge < -0.3 is 10.2 Å². The topological polar surface area (TPSA) is 104 Å². The SMILES string of the molecule is CC1(S(=O)(=O)Nc2ccc(C(=O)O)c(O)c2)C=CC=C(c2ccc(F)cc2)C1. The van der Waals surface area contributed by atoms with Crippen LogP contribution >= 0.6 is 0 Å². The quantitative estimate of drug-likeness (QED) is 0.705. The van der Waals surface area contributed by atoms with Gasteiger partial charge in [0.25, 0.3) is 0 Å². The van der Waals surface area contributed by atoms with Crippen LogP contribution in [0, 0.1) is 5.82 Å². The number of hydrogen-bond donors (Lipinski definition) is 3. The maximum atomic E-state index is 13.2. The first-order valence-electron chi connectivity index (χ1n) is 8.34. The predicted molar refractivity (Wildman–Crippen MR) is 104 cm³/mol. The number of allylic oxidation sites excluding steroid dienone is 3. The van der Waals surface area contributed by atoms with Crippen molar-refractivity contribution >= 4 is 27.3 Å². The van der Waals surface area contributed by atoms with Gasteiger partial charge in [-0.25, -0.2) is 17.6 Å². The maximum absolute atomic E-state index is 13.2. The van der Waals surface area contributed by atoms with Crippen LogP contribution in [0.5, 0.6) is 5.75 Å². The number of rotatable bonds is 5. The van der Waals surface area contributed by atoms with Crippen molar-refractivity contribution in [2.75, 3.05) is 4.72 Å². The molecule has 2 aromatic carbocycles. The lowest BCUT2D eigenvalue weighted by Crippen LogP contribution is -2.39. The van der Waals surface area contributed by atoms with Crippen LogP contribution in [0.3, 0.4) is 0 Å². The molecule has 1 aliphatic carbocycles. The van der Waals surface area contributed by atoms with Gasteiger partial charge in [-0.1, -0.05) is 30.4 Å². The minimum absolute atomic E-state index is 0.0509. The van der Waals surface area contributed by atoms with E-state index in [2.05, 4.69) is 4.72 Å². The highest BCUT2D eigenvalue weighted by Gasteiger charge is 2.39.